The molecule has 2 N–H and O–H groups in total. The number of rotatable bonds is 2. The lowest BCUT2D eigenvalue weighted by Crippen LogP contribution is -2.31. The molecule has 1 aliphatic carbocycles. The topological polar surface area (TPSA) is 35.2 Å². The Labute approximate surface area is 89.2 Å². The van der Waals surface area contributed by atoms with Crippen LogP contribution in [0.4, 0.5) is 4.39 Å². The van der Waals surface area contributed by atoms with Crippen LogP contribution >= 0.6 is 0 Å². The molecule has 2 nitrogen and oxygen atoms in total. The molecule has 82 valence electrons. The average Bonchev–Trinajstić information content (AvgIpc) is 2.22. The maximum absolute atomic E-state index is 12.9. The van der Waals surface area contributed by atoms with E-state index in [9.17, 15) is 4.39 Å². The summed E-state index contributed by atoms with van der Waals surface area (Å²) in [6.07, 6.45) is 4.14. The Morgan fingerprint density at radius 1 is 1.20 bits per heavy atom. The van der Waals surface area contributed by atoms with E-state index in [2.05, 4.69) is 0 Å². The average molecular weight is 209 g/mol. The molecule has 1 aromatic rings. The molecular formula is C12H16FNO. The largest absolute Gasteiger partial charge is 0.490 e. The number of hydrogen-bond donors (Lipinski definition) is 1. The van der Waals surface area contributed by atoms with E-state index in [0.29, 0.717) is 11.8 Å². The van der Waals surface area contributed by atoms with Gasteiger partial charge in [0.2, 0.25) is 0 Å². The van der Waals surface area contributed by atoms with Gasteiger partial charge in [-0.05, 0) is 37.8 Å². The molecule has 1 aromatic carbocycles. The van der Waals surface area contributed by atoms with Crippen molar-refractivity contribution in [2.75, 3.05) is 0 Å². The molecule has 15 heavy (non-hydrogen) atoms. The van der Waals surface area contributed by atoms with Gasteiger partial charge in [-0.15, -0.1) is 0 Å². The molecule has 0 unspecified atom stereocenters. The Morgan fingerprint density at radius 2 is 1.93 bits per heavy atom. The first kappa shape index (κ1) is 10.4. The summed E-state index contributed by atoms with van der Waals surface area (Å²) < 4.78 is 18.6. The summed E-state index contributed by atoms with van der Waals surface area (Å²) in [5.74, 6) is 0.371. The van der Waals surface area contributed by atoms with Crippen molar-refractivity contribution in [1.82, 2.24) is 0 Å². The predicted molar refractivity (Wildman–Crippen MR) is 57.3 cm³/mol. The molecule has 1 saturated carbocycles. The third-order valence-electron chi connectivity index (χ3n) is 2.82. The van der Waals surface area contributed by atoms with Crippen LogP contribution in [0.2, 0.25) is 0 Å². The van der Waals surface area contributed by atoms with Crippen LogP contribution in [0.5, 0.6) is 5.75 Å². The maximum Gasteiger partial charge on any atom is 0.126 e. The van der Waals surface area contributed by atoms with Crippen molar-refractivity contribution in [3.05, 3.63) is 30.1 Å². The zero-order valence-electron chi connectivity index (χ0n) is 8.66. The summed E-state index contributed by atoms with van der Waals surface area (Å²) in [5.41, 5.74) is 5.80. The fourth-order valence-corrected chi connectivity index (χ4v) is 1.94. The number of nitrogens with two attached hydrogens (primary N) is 1. The van der Waals surface area contributed by atoms with E-state index in [0.717, 1.165) is 25.7 Å². The molecule has 2 rings (SSSR count). The van der Waals surface area contributed by atoms with E-state index >= 15 is 0 Å². The van der Waals surface area contributed by atoms with Crippen molar-refractivity contribution in [2.24, 2.45) is 5.73 Å². The third kappa shape index (κ3) is 2.93. The van der Waals surface area contributed by atoms with Gasteiger partial charge in [0.15, 0.2) is 0 Å². The normalized spacial score (nSPS) is 26.3. The van der Waals surface area contributed by atoms with Gasteiger partial charge in [-0.25, -0.2) is 4.39 Å². The molecule has 0 amide bonds. The summed E-state index contributed by atoms with van der Waals surface area (Å²) >= 11 is 0. The molecule has 0 atom stereocenters. The van der Waals surface area contributed by atoms with Crippen LogP contribution in [0.25, 0.3) is 0 Å². The van der Waals surface area contributed by atoms with E-state index in [1.165, 1.54) is 12.1 Å². The van der Waals surface area contributed by atoms with Gasteiger partial charge in [-0.3, -0.25) is 0 Å². The van der Waals surface area contributed by atoms with E-state index in [1.807, 2.05) is 0 Å². The highest BCUT2D eigenvalue weighted by Gasteiger charge is 2.19. The molecule has 1 fully saturated rings. The second-order valence-corrected chi connectivity index (χ2v) is 4.11. The summed E-state index contributed by atoms with van der Waals surface area (Å²) in [6.45, 7) is 0. The van der Waals surface area contributed by atoms with Gasteiger partial charge in [-0.1, -0.05) is 6.07 Å². The van der Waals surface area contributed by atoms with Crippen LogP contribution < -0.4 is 10.5 Å². The van der Waals surface area contributed by atoms with Crippen LogP contribution in [-0.4, -0.2) is 12.1 Å². The Morgan fingerprint density at radius 3 is 2.60 bits per heavy atom. The lowest BCUT2D eigenvalue weighted by Gasteiger charge is -2.26. The standard InChI is InChI=1S/C12H16FNO/c13-9-2-1-3-12(8-9)15-11-6-4-10(14)5-7-11/h1-3,8,10-11H,4-7,14H2. The molecule has 0 spiro atoms. The number of benzene rings is 1. The molecule has 0 heterocycles. The van der Waals surface area contributed by atoms with Gasteiger partial charge >= 0.3 is 0 Å². The first-order valence-corrected chi connectivity index (χ1v) is 5.42. The molecule has 3 heteroatoms. The highest BCUT2D eigenvalue weighted by molar-refractivity contribution is 5.22. The molecule has 0 bridgehead atoms. The Kier molecular flexibility index (Phi) is 3.21. The number of ether oxygens (including phenoxy) is 1. The van der Waals surface area contributed by atoms with Crippen LogP contribution in [-0.2, 0) is 0 Å². The van der Waals surface area contributed by atoms with Crippen molar-refractivity contribution in [2.45, 2.75) is 37.8 Å². The van der Waals surface area contributed by atoms with Gasteiger partial charge in [0, 0.05) is 12.1 Å². The van der Waals surface area contributed by atoms with Crippen molar-refractivity contribution in [3.63, 3.8) is 0 Å². The number of halogens is 1. The van der Waals surface area contributed by atoms with Gasteiger partial charge in [-0.2, -0.15) is 0 Å². The maximum atomic E-state index is 12.9. The lowest BCUT2D eigenvalue weighted by molar-refractivity contribution is 0.146. The number of hydrogen-bond acceptors (Lipinski definition) is 2. The monoisotopic (exact) mass is 209 g/mol. The predicted octanol–water partition coefficient (Wildman–Crippen LogP) is 2.47. The molecular weight excluding hydrogens is 193 g/mol. The SMILES string of the molecule is NC1CCC(Oc2cccc(F)c2)CC1. The van der Waals surface area contributed by atoms with Crippen molar-refractivity contribution >= 4 is 0 Å². The van der Waals surface area contributed by atoms with Gasteiger partial charge in [0.05, 0.1) is 6.10 Å². The molecule has 0 saturated heterocycles. The van der Waals surface area contributed by atoms with Crippen molar-refractivity contribution in [1.29, 1.82) is 0 Å². The second kappa shape index (κ2) is 4.62. The van der Waals surface area contributed by atoms with Crippen molar-refractivity contribution in [3.8, 4) is 5.75 Å². The van der Waals surface area contributed by atoms with E-state index in [1.54, 1.807) is 12.1 Å². The zero-order valence-corrected chi connectivity index (χ0v) is 8.66. The molecule has 0 aromatic heterocycles. The minimum atomic E-state index is -0.250. The van der Waals surface area contributed by atoms with E-state index in [4.69, 9.17) is 10.5 Å². The van der Waals surface area contributed by atoms with Crippen LogP contribution in [0.1, 0.15) is 25.7 Å². The van der Waals surface area contributed by atoms with Gasteiger partial charge in [0.1, 0.15) is 11.6 Å². The third-order valence-corrected chi connectivity index (χ3v) is 2.82. The summed E-state index contributed by atoms with van der Waals surface area (Å²) in [6, 6.07) is 6.62. The Bertz CT molecular complexity index is 321. The van der Waals surface area contributed by atoms with Crippen LogP contribution in [0.15, 0.2) is 24.3 Å². The molecule has 0 aliphatic heterocycles. The summed E-state index contributed by atoms with van der Waals surface area (Å²) in [5, 5.41) is 0. The second-order valence-electron chi connectivity index (χ2n) is 4.11. The lowest BCUT2D eigenvalue weighted by atomic mass is 9.94. The van der Waals surface area contributed by atoms with Gasteiger partial charge in [0.25, 0.3) is 0 Å². The minimum absolute atomic E-state index is 0.201. The van der Waals surface area contributed by atoms with Crippen LogP contribution in [0, 0.1) is 5.82 Å². The molecule has 1 aliphatic rings. The summed E-state index contributed by atoms with van der Waals surface area (Å²) in [4.78, 5) is 0. The first-order chi connectivity index (χ1) is 7.24. The van der Waals surface area contributed by atoms with E-state index in [-0.39, 0.29) is 11.9 Å². The fourth-order valence-electron chi connectivity index (χ4n) is 1.94. The highest BCUT2D eigenvalue weighted by Crippen LogP contribution is 2.23. The van der Waals surface area contributed by atoms with Crippen LogP contribution in [0.3, 0.4) is 0 Å². The van der Waals surface area contributed by atoms with Crippen molar-refractivity contribution < 1.29 is 9.13 Å². The quantitative estimate of drug-likeness (QED) is 0.812. The summed E-state index contributed by atoms with van der Waals surface area (Å²) in [7, 11) is 0. The highest BCUT2D eigenvalue weighted by atomic mass is 19.1. The Balaban J connectivity index is 1.92. The smallest absolute Gasteiger partial charge is 0.126 e. The van der Waals surface area contributed by atoms with E-state index < -0.39 is 0 Å². The fraction of sp³-hybridized carbons (Fsp3) is 0.500. The van der Waals surface area contributed by atoms with Gasteiger partial charge < -0.3 is 10.5 Å². The zero-order chi connectivity index (χ0) is 10.7. The molecule has 0 radical (unpaired) electrons. The minimum Gasteiger partial charge on any atom is -0.490 e. The first-order valence-electron chi connectivity index (χ1n) is 5.42. The Hall–Kier alpha value is -1.09.